The van der Waals surface area contributed by atoms with Crippen LogP contribution in [0.3, 0.4) is 0 Å². The summed E-state index contributed by atoms with van der Waals surface area (Å²) in [5.74, 6) is -1.28. The molecule has 0 spiro atoms. The largest absolute Gasteiger partial charge is 0.467 e. The number of carbonyl (C=O) groups is 3. The van der Waals surface area contributed by atoms with Gasteiger partial charge in [-0.1, -0.05) is 25.7 Å². The summed E-state index contributed by atoms with van der Waals surface area (Å²) in [6.07, 6.45) is -0.824. The van der Waals surface area contributed by atoms with E-state index in [2.05, 4.69) is 14.8 Å². The Morgan fingerprint density at radius 2 is 1.90 bits per heavy atom. The molecule has 2 rings (SSSR count). The van der Waals surface area contributed by atoms with Gasteiger partial charge in [-0.25, -0.2) is 9.59 Å². The first-order valence-corrected chi connectivity index (χ1v) is 12.3. The fourth-order valence-electron chi connectivity index (χ4n) is 3.22. The number of ether oxygens (including phenoxy) is 3. The lowest BCUT2D eigenvalue weighted by Gasteiger charge is -2.43. The molecule has 1 atom stereocenters. The minimum absolute atomic E-state index is 0.133. The second kappa shape index (κ2) is 8.35. The maximum atomic E-state index is 12.9. The van der Waals surface area contributed by atoms with Gasteiger partial charge in [0, 0.05) is 12.1 Å². The predicted molar refractivity (Wildman–Crippen MR) is 101 cm³/mol. The number of rotatable bonds is 7. The Balaban J connectivity index is 2.39. The SMILES string of the molecule is COC(=O)NC(CN1Cc2ccc(OC(F)F)cc2C1=O)(C(=O)OC)[Si](C)(C)C. The highest BCUT2D eigenvalue weighted by atomic mass is 28.3. The second-order valence-corrected chi connectivity index (χ2v) is 13.0. The molecule has 2 amide bonds. The highest BCUT2D eigenvalue weighted by molar-refractivity contribution is 6.82. The van der Waals surface area contributed by atoms with Crippen LogP contribution >= 0.6 is 0 Å². The topological polar surface area (TPSA) is 94.2 Å². The first-order chi connectivity index (χ1) is 13.4. The standard InChI is InChI=1S/C18H24F2N2O6Si/c1-26-15(24)18(29(3,4)5,21-17(25)27-2)10-22-9-11-6-7-12(28-16(19)20)8-13(11)14(22)23/h6-8,16H,9-10H2,1-5H3,(H,21,25). The van der Waals surface area contributed by atoms with Crippen LogP contribution < -0.4 is 10.1 Å². The van der Waals surface area contributed by atoms with E-state index in [1.807, 2.05) is 19.6 Å². The third-order valence-corrected chi connectivity index (χ3v) is 7.98. The molecule has 0 bridgehead atoms. The summed E-state index contributed by atoms with van der Waals surface area (Å²) in [4.78, 5) is 39.1. The van der Waals surface area contributed by atoms with Gasteiger partial charge in [-0.2, -0.15) is 8.78 Å². The average Bonchev–Trinajstić information content (AvgIpc) is 2.94. The third-order valence-electron chi connectivity index (χ3n) is 4.93. The van der Waals surface area contributed by atoms with E-state index in [0.29, 0.717) is 5.56 Å². The number of hydrogen-bond donors (Lipinski definition) is 1. The number of esters is 1. The van der Waals surface area contributed by atoms with Crippen LogP contribution in [0, 0.1) is 0 Å². The van der Waals surface area contributed by atoms with Gasteiger partial charge in [0.15, 0.2) is 0 Å². The molecular formula is C18H24F2N2O6Si. The van der Waals surface area contributed by atoms with E-state index >= 15 is 0 Å². The van der Waals surface area contributed by atoms with Crippen LogP contribution in [0.15, 0.2) is 18.2 Å². The molecular weight excluding hydrogens is 406 g/mol. The lowest BCUT2D eigenvalue weighted by molar-refractivity contribution is -0.145. The third kappa shape index (κ3) is 4.49. The van der Waals surface area contributed by atoms with Gasteiger partial charge in [0.05, 0.1) is 28.8 Å². The first kappa shape index (κ1) is 22.6. The number of carbonyl (C=O) groups excluding carboxylic acids is 3. The number of nitrogens with zero attached hydrogens (tertiary/aromatic N) is 1. The minimum Gasteiger partial charge on any atom is -0.467 e. The normalized spacial score (nSPS) is 15.6. The Labute approximate surface area is 168 Å². The number of fused-ring (bicyclic) bond motifs is 1. The molecule has 1 aromatic rings. The molecule has 1 aliphatic rings. The number of methoxy groups -OCH3 is 2. The monoisotopic (exact) mass is 430 g/mol. The molecule has 1 unspecified atom stereocenters. The molecule has 0 fully saturated rings. The van der Waals surface area contributed by atoms with Gasteiger partial charge in [-0.3, -0.25) is 4.79 Å². The average molecular weight is 430 g/mol. The predicted octanol–water partition coefficient (Wildman–Crippen LogP) is 2.39. The Hall–Kier alpha value is -2.69. The smallest absolute Gasteiger partial charge is 0.407 e. The van der Waals surface area contributed by atoms with Crippen LogP contribution in [0.25, 0.3) is 0 Å². The number of alkyl carbamates (subject to hydrolysis) is 1. The highest BCUT2D eigenvalue weighted by Gasteiger charge is 2.54. The molecule has 0 aromatic heterocycles. The Bertz CT molecular complexity index is 814. The van der Waals surface area contributed by atoms with Crippen molar-refractivity contribution in [3.63, 3.8) is 0 Å². The summed E-state index contributed by atoms with van der Waals surface area (Å²) < 4.78 is 38.9. The van der Waals surface area contributed by atoms with Gasteiger partial charge >= 0.3 is 18.7 Å². The van der Waals surface area contributed by atoms with Gasteiger partial charge in [0.2, 0.25) is 0 Å². The summed E-state index contributed by atoms with van der Waals surface area (Å²) in [5.41, 5.74) is 0.805. The highest BCUT2D eigenvalue weighted by Crippen LogP contribution is 2.31. The molecule has 8 nitrogen and oxygen atoms in total. The van der Waals surface area contributed by atoms with Crippen LogP contribution in [0.5, 0.6) is 5.75 Å². The summed E-state index contributed by atoms with van der Waals surface area (Å²) in [6.45, 7) is 2.54. The van der Waals surface area contributed by atoms with E-state index in [1.54, 1.807) is 0 Å². The summed E-state index contributed by atoms with van der Waals surface area (Å²) in [5, 5.41) is 1.11. The molecule has 0 saturated carbocycles. The summed E-state index contributed by atoms with van der Waals surface area (Å²) >= 11 is 0. The van der Waals surface area contributed by atoms with Gasteiger partial charge in [0.25, 0.3) is 5.91 Å². The number of benzene rings is 1. The summed E-state index contributed by atoms with van der Waals surface area (Å²) in [7, 11) is -0.169. The van der Waals surface area contributed by atoms with E-state index < -0.39 is 37.8 Å². The fraction of sp³-hybridized carbons (Fsp3) is 0.500. The van der Waals surface area contributed by atoms with Crippen molar-refractivity contribution in [1.29, 1.82) is 0 Å². The van der Waals surface area contributed by atoms with Crippen molar-refractivity contribution in [3.05, 3.63) is 29.3 Å². The van der Waals surface area contributed by atoms with E-state index in [1.165, 1.54) is 37.3 Å². The van der Waals surface area contributed by atoms with Crippen LogP contribution in [0.1, 0.15) is 15.9 Å². The van der Waals surface area contributed by atoms with Crippen molar-refractivity contribution in [2.24, 2.45) is 0 Å². The molecule has 1 aromatic carbocycles. The lowest BCUT2D eigenvalue weighted by Crippen LogP contribution is -2.73. The van der Waals surface area contributed by atoms with E-state index in [0.717, 1.165) is 0 Å². The zero-order valence-electron chi connectivity index (χ0n) is 16.9. The zero-order valence-corrected chi connectivity index (χ0v) is 17.9. The van der Waals surface area contributed by atoms with Crippen molar-refractivity contribution >= 4 is 26.0 Å². The van der Waals surface area contributed by atoms with Crippen molar-refractivity contribution in [3.8, 4) is 5.75 Å². The number of nitrogens with one attached hydrogen (secondary N) is 1. The van der Waals surface area contributed by atoms with Crippen molar-refractivity contribution in [2.45, 2.75) is 38.0 Å². The number of alkyl halides is 2. The number of amides is 2. The second-order valence-electron chi connectivity index (χ2n) is 7.62. The maximum absolute atomic E-state index is 12.9. The first-order valence-electron chi connectivity index (χ1n) is 8.76. The van der Waals surface area contributed by atoms with Gasteiger partial charge in [0.1, 0.15) is 10.9 Å². The molecule has 0 saturated heterocycles. The Kier molecular flexibility index (Phi) is 6.51. The van der Waals surface area contributed by atoms with Crippen LogP contribution in [0.4, 0.5) is 13.6 Å². The molecule has 11 heteroatoms. The Morgan fingerprint density at radius 3 is 2.41 bits per heavy atom. The number of hydrogen-bond acceptors (Lipinski definition) is 6. The maximum Gasteiger partial charge on any atom is 0.407 e. The molecule has 0 aliphatic carbocycles. The molecule has 160 valence electrons. The lowest BCUT2D eigenvalue weighted by atomic mass is 10.1. The van der Waals surface area contributed by atoms with Crippen LogP contribution in [-0.4, -0.2) is 63.5 Å². The minimum atomic E-state index is -3.01. The van der Waals surface area contributed by atoms with Gasteiger partial charge in [-0.15, -0.1) is 0 Å². The summed E-state index contributed by atoms with van der Waals surface area (Å²) in [6, 6.07) is 4.11. The van der Waals surface area contributed by atoms with E-state index in [9.17, 15) is 23.2 Å². The van der Waals surface area contributed by atoms with E-state index in [-0.39, 0.29) is 24.4 Å². The quantitative estimate of drug-likeness (QED) is 0.527. The molecule has 1 aliphatic heterocycles. The fourth-order valence-corrected chi connectivity index (χ4v) is 5.07. The van der Waals surface area contributed by atoms with Crippen molar-refractivity contribution in [1.82, 2.24) is 10.2 Å². The zero-order chi connectivity index (χ0) is 22.0. The van der Waals surface area contributed by atoms with Gasteiger partial charge in [-0.05, 0) is 17.7 Å². The van der Waals surface area contributed by atoms with Crippen LogP contribution in [-0.2, 0) is 20.8 Å². The molecule has 1 heterocycles. The molecule has 0 radical (unpaired) electrons. The molecule has 29 heavy (non-hydrogen) atoms. The van der Waals surface area contributed by atoms with Crippen LogP contribution in [0.2, 0.25) is 19.6 Å². The Morgan fingerprint density at radius 1 is 1.24 bits per heavy atom. The van der Waals surface area contributed by atoms with Gasteiger partial charge < -0.3 is 24.4 Å². The van der Waals surface area contributed by atoms with E-state index in [4.69, 9.17) is 4.74 Å². The molecule has 1 N–H and O–H groups in total. The van der Waals surface area contributed by atoms with Crippen molar-refractivity contribution < 1.29 is 37.4 Å². The van der Waals surface area contributed by atoms with Crippen molar-refractivity contribution in [2.75, 3.05) is 20.8 Å². The number of halogens is 2.